The van der Waals surface area contributed by atoms with Crippen molar-refractivity contribution in [3.05, 3.63) is 60.8 Å². The maximum Gasteiger partial charge on any atom is 0.333 e. The fraction of sp³-hybridized carbons (Fsp3) is 0.725. The zero-order valence-electron chi connectivity index (χ0n) is 28.2. The summed E-state index contributed by atoms with van der Waals surface area (Å²) < 4.78 is 5.44. The lowest BCUT2D eigenvalue weighted by molar-refractivity contribution is -0.139. The molecule has 242 valence electrons. The number of ether oxygens (including phenoxy) is 1. The number of unbranched alkanes of at least 4 members (excludes halogenated alkanes) is 19. The van der Waals surface area contributed by atoms with Gasteiger partial charge in [-0.15, -0.1) is 0 Å². The van der Waals surface area contributed by atoms with Gasteiger partial charge in [-0.05, 0) is 83.5 Å². The monoisotopic (exact) mass is 583 g/mol. The Morgan fingerprint density at radius 1 is 0.476 bits per heavy atom. The van der Waals surface area contributed by atoms with Crippen LogP contribution in [-0.2, 0) is 9.53 Å². The highest BCUT2D eigenvalue weighted by molar-refractivity contribution is 5.87. The van der Waals surface area contributed by atoms with Gasteiger partial charge in [-0.2, -0.15) is 0 Å². The standard InChI is InChI=1S/C40H70O2/c1-4-6-8-10-12-14-16-18-20-22-23-25-27-29-31-33-35-37-39(3)40(41)42-38-36-34-32-30-28-26-24-21-19-17-15-13-11-9-7-5-2/h12-15,18-21H,3-11,16-17,22-38H2,1-2H3. The summed E-state index contributed by atoms with van der Waals surface area (Å²) in [5.41, 5.74) is 0.651. The number of hydrogen-bond donors (Lipinski definition) is 0. The maximum absolute atomic E-state index is 12.2. The molecule has 0 aromatic heterocycles. The summed E-state index contributed by atoms with van der Waals surface area (Å²) in [7, 11) is 0. The molecule has 0 heterocycles. The number of carbonyl (C=O) groups excluding carboxylic acids is 1. The Morgan fingerprint density at radius 3 is 1.26 bits per heavy atom. The third-order valence-corrected chi connectivity index (χ3v) is 7.80. The highest BCUT2D eigenvalue weighted by Gasteiger charge is 2.07. The van der Waals surface area contributed by atoms with Crippen LogP contribution in [-0.4, -0.2) is 12.6 Å². The van der Waals surface area contributed by atoms with Gasteiger partial charge in [0.2, 0.25) is 0 Å². The second-order valence-corrected chi connectivity index (χ2v) is 12.0. The summed E-state index contributed by atoms with van der Waals surface area (Å²) in [6.45, 7) is 9.01. The van der Waals surface area contributed by atoms with Crippen molar-refractivity contribution in [2.75, 3.05) is 6.61 Å². The van der Waals surface area contributed by atoms with Crippen LogP contribution in [0.15, 0.2) is 60.8 Å². The number of esters is 1. The fourth-order valence-corrected chi connectivity index (χ4v) is 4.96. The molecule has 0 aliphatic rings. The van der Waals surface area contributed by atoms with E-state index in [0.717, 1.165) is 38.5 Å². The third-order valence-electron chi connectivity index (χ3n) is 7.80. The topological polar surface area (TPSA) is 26.3 Å². The van der Waals surface area contributed by atoms with E-state index in [0.29, 0.717) is 12.2 Å². The summed E-state index contributed by atoms with van der Waals surface area (Å²) in [6.07, 6.45) is 50.2. The van der Waals surface area contributed by atoms with E-state index in [4.69, 9.17) is 4.74 Å². The molecular weight excluding hydrogens is 512 g/mol. The quantitative estimate of drug-likeness (QED) is 0.0341. The van der Waals surface area contributed by atoms with E-state index in [9.17, 15) is 4.79 Å². The van der Waals surface area contributed by atoms with Crippen LogP contribution in [0.5, 0.6) is 0 Å². The Morgan fingerprint density at radius 2 is 0.833 bits per heavy atom. The molecule has 2 nitrogen and oxygen atoms in total. The molecule has 0 fully saturated rings. The second kappa shape index (κ2) is 35.4. The molecule has 0 atom stereocenters. The molecule has 0 amide bonds. The van der Waals surface area contributed by atoms with E-state index in [2.05, 4.69) is 69.0 Å². The van der Waals surface area contributed by atoms with Crippen LogP contribution in [0.4, 0.5) is 0 Å². The molecule has 0 spiro atoms. The van der Waals surface area contributed by atoms with Crippen LogP contribution in [0.2, 0.25) is 0 Å². The minimum absolute atomic E-state index is 0.183. The van der Waals surface area contributed by atoms with Crippen molar-refractivity contribution in [1.82, 2.24) is 0 Å². The van der Waals surface area contributed by atoms with Gasteiger partial charge in [-0.1, -0.05) is 153 Å². The SMILES string of the molecule is C=C(CCCCCCCCCC=CCC=CCCCCC)C(=O)OCCCCCCCCC=CCC=CCCCCC. The van der Waals surface area contributed by atoms with Crippen molar-refractivity contribution in [3.63, 3.8) is 0 Å². The van der Waals surface area contributed by atoms with Crippen LogP contribution in [0.3, 0.4) is 0 Å². The molecule has 0 rings (SSSR count). The van der Waals surface area contributed by atoms with Crippen molar-refractivity contribution < 1.29 is 9.53 Å². The van der Waals surface area contributed by atoms with E-state index in [-0.39, 0.29) is 5.97 Å². The second-order valence-electron chi connectivity index (χ2n) is 12.0. The van der Waals surface area contributed by atoms with Gasteiger partial charge < -0.3 is 4.74 Å². The van der Waals surface area contributed by atoms with Crippen LogP contribution in [0, 0.1) is 0 Å². The van der Waals surface area contributed by atoms with Gasteiger partial charge in [0.15, 0.2) is 0 Å². The molecule has 42 heavy (non-hydrogen) atoms. The largest absolute Gasteiger partial charge is 0.462 e. The van der Waals surface area contributed by atoms with Gasteiger partial charge >= 0.3 is 5.97 Å². The Hall–Kier alpha value is -1.83. The zero-order chi connectivity index (χ0) is 30.6. The predicted octanol–water partition coefficient (Wildman–Crippen LogP) is 13.5. The molecule has 0 aromatic rings. The minimum atomic E-state index is -0.183. The van der Waals surface area contributed by atoms with E-state index in [1.54, 1.807) is 0 Å². The predicted molar refractivity (Wildman–Crippen MR) is 188 cm³/mol. The van der Waals surface area contributed by atoms with Crippen molar-refractivity contribution in [2.24, 2.45) is 0 Å². The third kappa shape index (κ3) is 32.7. The van der Waals surface area contributed by atoms with E-state index in [1.165, 1.54) is 128 Å². The van der Waals surface area contributed by atoms with Crippen molar-refractivity contribution in [3.8, 4) is 0 Å². The molecule has 2 heteroatoms. The Labute approximate surface area is 263 Å². The molecular formula is C40H70O2. The lowest BCUT2D eigenvalue weighted by atomic mass is 10.0. The average Bonchev–Trinajstić information content (AvgIpc) is 3.00. The highest BCUT2D eigenvalue weighted by atomic mass is 16.5. The smallest absolute Gasteiger partial charge is 0.333 e. The van der Waals surface area contributed by atoms with Crippen molar-refractivity contribution in [2.45, 2.75) is 181 Å². The van der Waals surface area contributed by atoms with Gasteiger partial charge in [0.25, 0.3) is 0 Å². The fourth-order valence-electron chi connectivity index (χ4n) is 4.96. The summed E-state index contributed by atoms with van der Waals surface area (Å²) >= 11 is 0. The van der Waals surface area contributed by atoms with E-state index < -0.39 is 0 Å². The Kier molecular flexibility index (Phi) is 33.8. The molecule has 0 aliphatic heterocycles. The van der Waals surface area contributed by atoms with Crippen LogP contribution in [0.25, 0.3) is 0 Å². The first kappa shape index (κ1) is 40.2. The zero-order valence-corrected chi connectivity index (χ0v) is 28.2. The lowest BCUT2D eigenvalue weighted by Gasteiger charge is -2.07. The van der Waals surface area contributed by atoms with Crippen LogP contribution >= 0.6 is 0 Å². The molecule has 0 N–H and O–H groups in total. The summed E-state index contributed by atoms with van der Waals surface area (Å²) in [5.74, 6) is -0.183. The van der Waals surface area contributed by atoms with Crippen molar-refractivity contribution in [1.29, 1.82) is 0 Å². The van der Waals surface area contributed by atoms with E-state index in [1.807, 2.05) is 0 Å². The summed E-state index contributed by atoms with van der Waals surface area (Å²) in [5, 5.41) is 0. The normalized spacial score (nSPS) is 12.0. The highest BCUT2D eigenvalue weighted by Crippen LogP contribution is 2.14. The molecule has 0 aromatic carbocycles. The molecule has 0 unspecified atom stereocenters. The van der Waals surface area contributed by atoms with Crippen LogP contribution < -0.4 is 0 Å². The van der Waals surface area contributed by atoms with Gasteiger partial charge in [0.1, 0.15) is 0 Å². The van der Waals surface area contributed by atoms with Gasteiger partial charge in [0.05, 0.1) is 6.61 Å². The van der Waals surface area contributed by atoms with Gasteiger partial charge in [0, 0.05) is 5.57 Å². The number of carbonyl (C=O) groups is 1. The van der Waals surface area contributed by atoms with Crippen LogP contribution in [0.1, 0.15) is 181 Å². The number of allylic oxidation sites excluding steroid dienone is 8. The Bertz CT molecular complexity index is 636. The first-order chi connectivity index (χ1) is 20.7. The van der Waals surface area contributed by atoms with Gasteiger partial charge in [-0.25, -0.2) is 4.79 Å². The first-order valence-electron chi connectivity index (χ1n) is 18.2. The Balaban J connectivity index is 3.40. The maximum atomic E-state index is 12.2. The summed E-state index contributed by atoms with van der Waals surface area (Å²) in [6, 6.07) is 0. The number of hydrogen-bond acceptors (Lipinski definition) is 2. The van der Waals surface area contributed by atoms with E-state index >= 15 is 0 Å². The minimum Gasteiger partial charge on any atom is -0.462 e. The molecule has 0 saturated carbocycles. The number of rotatable bonds is 32. The lowest BCUT2D eigenvalue weighted by Crippen LogP contribution is -2.08. The average molecular weight is 583 g/mol. The molecule has 0 saturated heterocycles. The molecule has 0 radical (unpaired) electrons. The molecule has 0 aliphatic carbocycles. The first-order valence-corrected chi connectivity index (χ1v) is 18.2. The van der Waals surface area contributed by atoms with Gasteiger partial charge in [-0.3, -0.25) is 0 Å². The summed E-state index contributed by atoms with van der Waals surface area (Å²) in [4.78, 5) is 12.2. The van der Waals surface area contributed by atoms with Crippen molar-refractivity contribution >= 4 is 5.97 Å². The molecule has 0 bridgehead atoms.